The first-order valence-electron chi connectivity index (χ1n) is 5.76. The van der Waals surface area contributed by atoms with Gasteiger partial charge >= 0.3 is 0 Å². The number of imidazole rings is 1. The third-order valence-corrected chi connectivity index (χ3v) is 3.32. The number of rotatable bonds is 2. The molecule has 0 amide bonds. The molecule has 84 valence electrons. The maximum absolute atomic E-state index is 6.10. The van der Waals surface area contributed by atoms with E-state index in [2.05, 4.69) is 26.8 Å². The van der Waals surface area contributed by atoms with E-state index in [-0.39, 0.29) is 6.04 Å². The van der Waals surface area contributed by atoms with Gasteiger partial charge in [0.2, 0.25) is 0 Å². The Hall–Kier alpha value is -1.55. The second-order valence-corrected chi connectivity index (χ2v) is 4.38. The smallest absolute Gasteiger partial charge is 0.126 e. The number of nitrogens with two attached hydrogens (primary N) is 1. The Bertz CT molecular complexity index is 469. The van der Waals surface area contributed by atoms with E-state index >= 15 is 0 Å². The van der Waals surface area contributed by atoms with Crippen molar-refractivity contribution < 1.29 is 0 Å². The van der Waals surface area contributed by atoms with Crippen LogP contribution in [0.5, 0.6) is 0 Å². The van der Waals surface area contributed by atoms with Crippen LogP contribution in [0.3, 0.4) is 0 Å². The summed E-state index contributed by atoms with van der Waals surface area (Å²) in [7, 11) is 0. The molecule has 2 heterocycles. The van der Waals surface area contributed by atoms with Crippen LogP contribution in [0.25, 0.3) is 0 Å². The molecule has 2 aromatic rings. The van der Waals surface area contributed by atoms with E-state index < -0.39 is 0 Å². The minimum absolute atomic E-state index is 0.224. The third-order valence-electron chi connectivity index (χ3n) is 3.32. The number of aromatic amines is 1. The van der Waals surface area contributed by atoms with Crippen LogP contribution in [-0.2, 0) is 13.0 Å². The van der Waals surface area contributed by atoms with Crippen LogP contribution in [0.2, 0.25) is 0 Å². The molecule has 3 N–H and O–H groups in total. The molecule has 0 fully saturated rings. The van der Waals surface area contributed by atoms with E-state index in [1.807, 2.05) is 6.20 Å². The van der Waals surface area contributed by atoms with Crippen molar-refractivity contribution >= 4 is 0 Å². The molecule has 4 heteroatoms. The lowest BCUT2D eigenvalue weighted by atomic mass is 9.94. The summed E-state index contributed by atoms with van der Waals surface area (Å²) in [5, 5.41) is 0. The summed E-state index contributed by atoms with van der Waals surface area (Å²) in [6, 6.07) is 2.38. The minimum Gasteiger partial charge on any atom is -0.347 e. The van der Waals surface area contributed by atoms with E-state index in [9.17, 15) is 0 Å². The predicted molar refractivity (Wildman–Crippen MR) is 62.0 cm³/mol. The van der Waals surface area contributed by atoms with Crippen molar-refractivity contribution in [2.45, 2.75) is 31.8 Å². The molecule has 0 saturated carbocycles. The van der Waals surface area contributed by atoms with Crippen molar-refractivity contribution in [2.75, 3.05) is 0 Å². The highest BCUT2D eigenvalue weighted by atomic mass is 15.0. The van der Waals surface area contributed by atoms with Gasteiger partial charge in [-0.1, -0.05) is 0 Å². The Morgan fingerprint density at radius 1 is 1.56 bits per heavy atom. The topological polar surface area (TPSA) is 59.6 Å². The Balaban J connectivity index is 1.91. The van der Waals surface area contributed by atoms with Crippen molar-refractivity contribution in [2.24, 2.45) is 5.73 Å². The maximum atomic E-state index is 6.10. The molecule has 0 radical (unpaired) electrons. The standard InChI is InChI=1S/C12H16N4/c13-10-2-1-3-11-9(10)4-7-16(11)8-12-14-5-6-15-12/h4-7,10H,1-3,8,13H2,(H,14,15). The Morgan fingerprint density at radius 3 is 3.31 bits per heavy atom. The molecule has 0 aromatic carbocycles. The van der Waals surface area contributed by atoms with Crippen molar-refractivity contribution in [3.63, 3.8) is 0 Å². The van der Waals surface area contributed by atoms with Crippen LogP contribution in [0, 0.1) is 0 Å². The van der Waals surface area contributed by atoms with Gasteiger partial charge in [-0.3, -0.25) is 0 Å². The lowest BCUT2D eigenvalue weighted by Crippen LogP contribution is -2.18. The zero-order valence-corrected chi connectivity index (χ0v) is 9.19. The first-order valence-corrected chi connectivity index (χ1v) is 5.76. The van der Waals surface area contributed by atoms with Gasteiger partial charge in [0.25, 0.3) is 0 Å². The molecule has 0 saturated heterocycles. The van der Waals surface area contributed by atoms with Crippen molar-refractivity contribution in [3.8, 4) is 0 Å². The molecule has 3 rings (SSSR count). The average Bonchev–Trinajstić information content (AvgIpc) is 2.90. The number of nitrogens with zero attached hydrogens (tertiary/aromatic N) is 2. The van der Waals surface area contributed by atoms with Gasteiger partial charge in [-0.15, -0.1) is 0 Å². The number of hydrogen-bond acceptors (Lipinski definition) is 2. The number of nitrogens with one attached hydrogen (secondary N) is 1. The SMILES string of the molecule is NC1CCCc2c1ccn2Cc1ncc[nH]1. The van der Waals surface area contributed by atoms with E-state index in [4.69, 9.17) is 5.73 Å². The van der Waals surface area contributed by atoms with E-state index in [0.717, 1.165) is 25.2 Å². The van der Waals surface area contributed by atoms with Crippen LogP contribution < -0.4 is 5.73 Å². The number of fused-ring (bicyclic) bond motifs is 1. The first kappa shape index (κ1) is 9.66. The van der Waals surface area contributed by atoms with Crippen LogP contribution >= 0.6 is 0 Å². The molecule has 0 bridgehead atoms. The molecule has 0 aliphatic heterocycles. The van der Waals surface area contributed by atoms with Crippen LogP contribution in [0.15, 0.2) is 24.7 Å². The summed E-state index contributed by atoms with van der Waals surface area (Å²) in [5.74, 6) is 0.998. The fourth-order valence-electron chi connectivity index (χ4n) is 2.49. The predicted octanol–water partition coefficient (Wildman–Crippen LogP) is 1.60. The first-order chi connectivity index (χ1) is 7.84. The average molecular weight is 216 g/mol. The molecular formula is C12H16N4. The zero-order valence-electron chi connectivity index (χ0n) is 9.19. The van der Waals surface area contributed by atoms with Crippen molar-refractivity contribution in [3.05, 3.63) is 41.7 Å². The Morgan fingerprint density at radius 2 is 2.50 bits per heavy atom. The fraction of sp³-hybridized carbons (Fsp3) is 0.417. The lowest BCUT2D eigenvalue weighted by Gasteiger charge is -2.20. The Kier molecular flexibility index (Phi) is 2.29. The molecule has 16 heavy (non-hydrogen) atoms. The molecule has 1 unspecified atom stereocenters. The van der Waals surface area contributed by atoms with Gasteiger partial charge in [-0.05, 0) is 30.9 Å². The second kappa shape index (κ2) is 3.79. The molecule has 2 aromatic heterocycles. The fourth-order valence-corrected chi connectivity index (χ4v) is 2.49. The van der Waals surface area contributed by atoms with Gasteiger partial charge in [-0.25, -0.2) is 4.98 Å². The van der Waals surface area contributed by atoms with Crippen LogP contribution in [0.4, 0.5) is 0 Å². The molecule has 0 spiro atoms. The summed E-state index contributed by atoms with van der Waals surface area (Å²) in [4.78, 5) is 7.38. The number of aromatic nitrogens is 3. The van der Waals surface area contributed by atoms with E-state index in [0.29, 0.717) is 0 Å². The van der Waals surface area contributed by atoms with Gasteiger partial charge in [0.05, 0.1) is 6.54 Å². The van der Waals surface area contributed by atoms with Crippen molar-refractivity contribution in [1.82, 2.24) is 14.5 Å². The largest absolute Gasteiger partial charge is 0.347 e. The van der Waals surface area contributed by atoms with E-state index in [1.165, 1.54) is 17.7 Å². The molecule has 1 aliphatic rings. The lowest BCUT2D eigenvalue weighted by molar-refractivity contribution is 0.546. The van der Waals surface area contributed by atoms with Crippen LogP contribution in [0.1, 0.15) is 36.0 Å². The summed E-state index contributed by atoms with van der Waals surface area (Å²) in [6.07, 6.45) is 9.21. The van der Waals surface area contributed by atoms with Crippen LogP contribution in [-0.4, -0.2) is 14.5 Å². The highest BCUT2D eigenvalue weighted by Gasteiger charge is 2.20. The third kappa shape index (κ3) is 1.55. The highest BCUT2D eigenvalue weighted by molar-refractivity contribution is 5.28. The summed E-state index contributed by atoms with van der Waals surface area (Å²) >= 11 is 0. The number of hydrogen-bond donors (Lipinski definition) is 2. The summed E-state index contributed by atoms with van der Waals surface area (Å²) in [5.41, 5.74) is 8.80. The second-order valence-electron chi connectivity index (χ2n) is 4.38. The summed E-state index contributed by atoms with van der Waals surface area (Å²) < 4.78 is 2.26. The van der Waals surface area contributed by atoms with Gasteiger partial charge in [0.1, 0.15) is 5.82 Å². The monoisotopic (exact) mass is 216 g/mol. The molecular weight excluding hydrogens is 200 g/mol. The quantitative estimate of drug-likeness (QED) is 0.801. The number of H-pyrrole nitrogens is 1. The molecule has 4 nitrogen and oxygen atoms in total. The summed E-state index contributed by atoms with van der Waals surface area (Å²) in [6.45, 7) is 0.815. The molecule has 1 aliphatic carbocycles. The normalized spacial score (nSPS) is 19.7. The van der Waals surface area contributed by atoms with Gasteiger partial charge in [0.15, 0.2) is 0 Å². The van der Waals surface area contributed by atoms with E-state index in [1.54, 1.807) is 6.20 Å². The van der Waals surface area contributed by atoms with Gasteiger partial charge in [0, 0.05) is 30.3 Å². The van der Waals surface area contributed by atoms with Gasteiger partial charge < -0.3 is 15.3 Å². The van der Waals surface area contributed by atoms with Crippen molar-refractivity contribution in [1.29, 1.82) is 0 Å². The zero-order chi connectivity index (χ0) is 11.0. The minimum atomic E-state index is 0.224. The maximum Gasteiger partial charge on any atom is 0.126 e. The molecule has 1 atom stereocenters. The Labute approximate surface area is 94.5 Å². The highest BCUT2D eigenvalue weighted by Crippen LogP contribution is 2.28. The van der Waals surface area contributed by atoms with Gasteiger partial charge in [-0.2, -0.15) is 0 Å².